The Kier molecular flexibility index (Phi) is 6.43. The van der Waals surface area contributed by atoms with E-state index in [9.17, 15) is 18.4 Å². The van der Waals surface area contributed by atoms with E-state index in [0.29, 0.717) is 6.42 Å². The number of halogens is 2. The van der Waals surface area contributed by atoms with Crippen molar-refractivity contribution in [1.82, 2.24) is 0 Å². The number of hydrogen-bond donors (Lipinski definition) is 1. The van der Waals surface area contributed by atoms with Crippen molar-refractivity contribution in [1.29, 1.82) is 0 Å². The Morgan fingerprint density at radius 1 is 1.25 bits per heavy atom. The van der Waals surface area contributed by atoms with E-state index in [1.807, 2.05) is 17.5 Å². The third kappa shape index (κ3) is 5.42. The van der Waals surface area contributed by atoms with Gasteiger partial charge in [0, 0.05) is 23.1 Å². The van der Waals surface area contributed by atoms with E-state index < -0.39 is 29.6 Å². The first kappa shape index (κ1) is 18.1. The van der Waals surface area contributed by atoms with Crippen molar-refractivity contribution < 1.29 is 23.1 Å². The molecule has 1 heterocycles. The van der Waals surface area contributed by atoms with Gasteiger partial charge < -0.3 is 10.1 Å². The molecule has 0 bridgehead atoms. The van der Waals surface area contributed by atoms with Crippen LogP contribution in [0.25, 0.3) is 0 Å². The van der Waals surface area contributed by atoms with Gasteiger partial charge in [-0.25, -0.2) is 8.78 Å². The zero-order chi connectivity index (χ0) is 17.5. The van der Waals surface area contributed by atoms with Gasteiger partial charge in [-0.05, 0) is 43.3 Å². The summed E-state index contributed by atoms with van der Waals surface area (Å²) in [5.41, 5.74) is 0.0968. The van der Waals surface area contributed by atoms with Gasteiger partial charge in [-0.1, -0.05) is 6.07 Å². The van der Waals surface area contributed by atoms with E-state index in [4.69, 9.17) is 4.74 Å². The van der Waals surface area contributed by atoms with Gasteiger partial charge in [-0.15, -0.1) is 11.3 Å². The number of aryl methyl sites for hydroxylation is 1. The van der Waals surface area contributed by atoms with E-state index in [0.717, 1.165) is 18.6 Å². The third-order valence-corrected chi connectivity index (χ3v) is 4.18. The molecule has 0 fully saturated rings. The zero-order valence-corrected chi connectivity index (χ0v) is 13.9. The highest BCUT2D eigenvalue weighted by atomic mass is 32.1. The van der Waals surface area contributed by atoms with Crippen molar-refractivity contribution >= 4 is 28.9 Å². The summed E-state index contributed by atoms with van der Waals surface area (Å²) in [5.74, 6) is -3.14. The molecule has 0 unspecified atom stereocenters. The number of anilines is 1. The fraction of sp³-hybridized carbons (Fsp3) is 0.294. The molecule has 0 radical (unpaired) electrons. The minimum Gasteiger partial charge on any atom is -0.453 e. The average Bonchev–Trinajstić information content (AvgIpc) is 3.04. The molecule has 24 heavy (non-hydrogen) atoms. The smallest absolute Gasteiger partial charge is 0.306 e. The zero-order valence-electron chi connectivity index (χ0n) is 13.1. The number of carbonyl (C=O) groups is 2. The summed E-state index contributed by atoms with van der Waals surface area (Å²) in [6.45, 7) is 1.42. The van der Waals surface area contributed by atoms with Gasteiger partial charge in [-0.3, -0.25) is 9.59 Å². The molecule has 0 aliphatic heterocycles. The highest BCUT2D eigenvalue weighted by Crippen LogP contribution is 2.14. The predicted octanol–water partition coefficient (Wildman–Crippen LogP) is 3.92. The highest BCUT2D eigenvalue weighted by molar-refractivity contribution is 7.09. The van der Waals surface area contributed by atoms with E-state index in [2.05, 4.69) is 5.32 Å². The second-order valence-corrected chi connectivity index (χ2v) is 6.22. The van der Waals surface area contributed by atoms with Crippen LogP contribution in [-0.2, 0) is 20.7 Å². The molecule has 4 nitrogen and oxygen atoms in total. The van der Waals surface area contributed by atoms with Crippen LogP contribution in [0.4, 0.5) is 14.5 Å². The van der Waals surface area contributed by atoms with Gasteiger partial charge in [0.05, 0.1) is 0 Å². The van der Waals surface area contributed by atoms with Crippen LogP contribution in [0.3, 0.4) is 0 Å². The van der Waals surface area contributed by atoms with Gasteiger partial charge in [0.15, 0.2) is 17.7 Å². The molecule has 1 atom stereocenters. The van der Waals surface area contributed by atoms with E-state index in [1.165, 1.54) is 17.9 Å². The lowest BCUT2D eigenvalue weighted by Gasteiger charge is -2.13. The van der Waals surface area contributed by atoms with Crippen LogP contribution in [0.5, 0.6) is 0 Å². The average molecular weight is 353 g/mol. The fourth-order valence-corrected chi connectivity index (χ4v) is 2.74. The third-order valence-electron chi connectivity index (χ3n) is 3.25. The molecule has 0 saturated heterocycles. The Labute approximate surface area is 142 Å². The summed E-state index contributed by atoms with van der Waals surface area (Å²) in [6, 6.07) is 6.94. The molecule has 2 rings (SSSR count). The Bertz CT molecular complexity index is 704. The molecule has 0 aliphatic carbocycles. The molecular weight excluding hydrogens is 336 g/mol. The molecule has 0 saturated carbocycles. The molecular formula is C17H17F2NO3S. The van der Waals surface area contributed by atoms with Crippen LogP contribution >= 0.6 is 11.3 Å². The lowest BCUT2D eigenvalue weighted by molar-refractivity contribution is -0.153. The molecule has 7 heteroatoms. The lowest BCUT2D eigenvalue weighted by Crippen LogP contribution is -2.30. The first-order valence-corrected chi connectivity index (χ1v) is 8.31. The summed E-state index contributed by atoms with van der Waals surface area (Å²) in [6.07, 6.45) is 0.604. The predicted molar refractivity (Wildman–Crippen MR) is 87.8 cm³/mol. The Morgan fingerprint density at radius 2 is 2.04 bits per heavy atom. The maximum absolute atomic E-state index is 13.1. The Hall–Kier alpha value is -2.28. The van der Waals surface area contributed by atoms with Crippen LogP contribution in [0.2, 0.25) is 0 Å². The maximum Gasteiger partial charge on any atom is 0.306 e. The topological polar surface area (TPSA) is 55.4 Å². The number of ether oxygens (including phenoxy) is 1. The molecule has 128 valence electrons. The maximum atomic E-state index is 13.1. The lowest BCUT2D eigenvalue weighted by atomic mass is 10.2. The second-order valence-electron chi connectivity index (χ2n) is 5.18. The fourth-order valence-electron chi connectivity index (χ4n) is 1.99. The first-order chi connectivity index (χ1) is 11.5. The van der Waals surface area contributed by atoms with Gasteiger partial charge in [0.25, 0.3) is 5.91 Å². The number of esters is 1. The monoisotopic (exact) mass is 353 g/mol. The number of benzene rings is 1. The number of hydrogen-bond acceptors (Lipinski definition) is 4. The van der Waals surface area contributed by atoms with Crippen molar-refractivity contribution in [3.05, 3.63) is 52.2 Å². The van der Waals surface area contributed by atoms with Crippen LogP contribution in [-0.4, -0.2) is 18.0 Å². The molecule has 1 amide bonds. The van der Waals surface area contributed by atoms with Crippen molar-refractivity contribution in [2.75, 3.05) is 5.32 Å². The van der Waals surface area contributed by atoms with Crippen LogP contribution < -0.4 is 5.32 Å². The quantitative estimate of drug-likeness (QED) is 0.768. The summed E-state index contributed by atoms with van der Waals surface area (Å²) >= 11 is 1.62. The molecule has 1 aromatic carbocycles. The van der Waals surface area contributed by atoms with Gasteiger partial charge in [-0.2, -0.15) is 0 Å². The largest absolute Gasteiger partial charge is 0.453 e. The first-order valence-electron chi connectivity index (χ1n) is 7.43. The van der Waals surface area contributed by atoms with Crippen LogP contribution in [0.1, 0.15) is 24.6 Å². The number of rotatable bonds is 7. The molecule has 0 spiro atoms. The van der Waals surface area contributed by atoms with Gasteiger partial charge >= 0.3 is 5.97 Å². The SMILES string of the molecule is C[C@@H](OC(=O)CCCc1cccs1)C(=O)Nc1ccc(F)c(F)c1. The second kappa shape index (κ2) is 8.54. The summed E-state index contributed by atoms with van der Waals surface area (Å²) in [5, 5.41) is 4.34. The van der Waals surface area contributed by atoms with E-state index in [1.54, 1.807) is 11.3 Å². The molecule has 0 aliphatic rings. The van der Waals surface area contributed by atoms with Crippen LogP contribution in [0.15, 0.2) is 35.7 Å². The Morgan fingerprint density at radius 3 is 2.71 bits per heavy atom. The minimum absolute atomic E-state index is 0.0968. The number of nitrogens with one attached hydrogen (secondary N) is 1. The van der Waals surface area contributed by atoms with E-state index >= 15 is 0 Å². The molecule has 1 N–H and O–H groups in total. The van der Waals surface area contributed by atoms with Crippen molar-refractivity contribution in [2.45, 2.75) is 32.3 Å². The molecule has 1 aromatic heterocycles. The highest BCUT2D eigenvalue weighted by Gasteiger charge is 2.18. The van der Waals surface area contributed by atoms with Crippen molar-refractivity contribution in [3.8, 4) is 0 Å². The van der Waals surface area contributed by atoms with Crippen LogP contribution in [0, 0.1) is 11.6 Å². The van der Waals surface area contributed by atoms with Gasteiger partial charge in [0.2, 0.25) is 0 Å². The number of carbonyl (C=O) groups excluding carboxylic acids is 2. The minimum atomic E-state index is -1.06. The summed E-state index contributed by atoms with van der Waals surface area (Å²) in [4.78, 5) is 24.8. The normalized spacial score (nSPS) is 11.8. The summed E-state index contributed by atoms with van der Waals surface area (Å²) < 4.78 is 31.0. The number of thiophene rings is 1. The standard InChI is InChI=1S/C17H17F2NO3S/c1-11(17(22)20-12-7-8-14(18)15(19)10-12)23-16(21)6-2-4-13-5-3-9-24-13/h3,5,7-11H,2,4,6H2,1H3,(H,20,22)/t11-/m1/s1. The summed E-state index contributed by atoms with van der Waals surface area (Å²) in [7, 11) is 0. The number of amides is 1. The molecule has 2 aromatic rings. The Balaban J connectivity index is 1.75. The van der Waals surface area contributed by atoms with Gasteiger partial charge in [0.1, 0.15) is 0 Å². The van der Waals surface area contributed by atoms with E-state index in [-0.39, 0.29) is 12.1 Å². The van der Waals surface area contributed by atoms with Crippen molar-refractivity contribution in [2.24, 2.45) is 0 Å². The van der Waals surface area contributed by atoms with Crippen molar-refractivity contribution in [3.63, 3.8) is 0 Å².